The first-order valence-electron chi connectivity index (χ1n) is 9.01. The van der Waals surface area contributed by atoms with Crippen molar-refractivity contribution in [2.24, 2.45) is 4.99 Å². The van der Waals surface area contributed by atoms with Crippen molar-refractivity contribution >= 4 is 35.9 Å². The number of rotatable bonds is 8. The van der Waals surface area contributed by atoms with Crippen LogP contribution in [0.15, 0.2) is 36.1 Å². The first-order valence-corrected chi connectivity index (χ1v) is 9.01. The number of aromatic nitrogens is 2. The van der Waals surface area contributed by atoms with Gasteiger partial charge in [-0.2, -0.15) is 0 Å². The number of guanidine groups is 1. The van der Waals surface area contributed by atoms with E-state index >= 15 is 0 Å². The lowest BCUT2D eigenvalue weighted by Crippen LogP contribution is -2.50. The Labute approximate surface area is 174 Å². The highest BCUT2D eigenvalue weighted by Crippen LogP contribution is 2.09. The lowest BCUT2D eigenvalue weighted by atomic mass is 10.3. The largest absolute Gasteiger partial charge is 0.355 e. The van der Waals surface area contributed by atoms with Crippen molar-refractivity contribution in [2.75, 3.05) is 64.8 Å². The summed E-state index contributed by atoms with van der Waals surface area (Å²) < 4.78 is 0. The van der Waals surface area contributed by atoms with E-state index in [4.69, 9.17) is 0 Å². The van der Waals surface area contributed by atoms with Gasteiger partial charge in [-0.05, 0) is 18.9 Å². The van der Waals surface area contributed by atoms with Gasteiger partial charge in [0.05, 0.1) is 0 Å². The van der Waals surface area contributed by atoms with E-state index in [1.165, 1.54) is 0 Å². The molecule has 0 saturated carbocycles. The molecule has 2 rings (SSSR count). The van der Waals surface area contributed by atoms with Crippen LogP contribution in [0.5, 0.6) is 0 Å². The van der Waals surface area contributed by atoms with Crippen LogP contribution in [0.3, 0.4) is 0 Å². The fraction of sp³-hybridized carbons (Fsp3) is 0.611. The molecule has 1 saturated heterocycles. The number of allylic oxidation sites excluding steroid dienone is 1. The molecule has 146 valence electrons. The summed E-state index contributed by atoms with van der Waals surface area (Å²) in [6, 6.07) is 1.85. The Morgan fingerprint density at radius 1 is 1.31 bits per heavy atom. The van der Waals surface area contributed by atoms with Crippen molar-refractivity contribution < 1.29 is 0 Å². The Bertz CT molecular complexity index is 530. The molecule has 2 heterocycles. The Hall–Kier alpha value is -1.42. The third-order valence-electron chi connectivity index (χ3n) is 4.39. The van der Waals surface area contributed by atoms with Gasteiger partial charge in [-0.25, -0.2) is 9.97 Å². The minimum atomic E-state index is 0. The summed E-state index contributed by atoms with van der Waals surface area (Å²) in [7, 11) is 3.92. The van der Waals surface area contributed by atoms with Crippen LogP contribution in [0.25, 0.3) is 0 Å². The average molecular weight is 473 g/mol. The number of hydrogen-bond donors (Lipinski definition) is 1. The fourth-order valence-corrected chi connectivity index (χ4v) is 2.92. The first kappa shape index (κ1) is 22.6. The standard InChI is InChI=1S/C18H31N7.HI/c1-4-5-6-11-23(3)17(19-2)22-10-12-24-13-15-25(16-14-24)18-20-8-7-9-21-18;/h4,7-9H,1,5-6,10-16H2,2-3H3,(H,19,22);1H. The van der Waals surface area contributed by atoms with E-state index in [-0.39, 0.29) is 24.0 Å². The van der Waals surface area contributed by atoms with Gasteiger partial charge in [0.15, 0.2) is 5.96 Å². The monoisotopic (exact) mass is 473 g/mol. The van der Waals surface area contributed by atoms with E-state index in [0.717, 1.165) is 70.6 Å². The van der Waals surface area contributed by atoms with E-state index in [1.807, 2.05) is 19.2 Å². The number of nitrogens with one attached hydrogen (secondary N) is 1. The Morgan fingerprint density at radius 2 is 2.00 bits per heavy atom. The molecule has 0 atom stereocenters. The number of piperazine rings is 1. The molecule has 1 aliphatic rings. The van der Waals surface area contributed by atoms with E-state index in [0.29, 0.717) is 0 Å². The second kappa shape index (κ2) is 12.9. The molecule has 26 heavy (non-hydrogen) atoms. The molecule has 1 fully saturated rings. The van der Waals surface area contributed by atoms with E-state index < -0.39 is 0 Å². The molecule has 1 aliphatic heterocycles. The molecule has 0 unspecified atom stereocenters. The maximum atomic E-state index is 4.36. The lowest BCUT2D eigenvalue weighted by molar-refractivity contribution is 0.259. The summed E-state index contributed by atoms with van der Waals surface area (Å²) in [5, 5.41) is 3.46. The van der Waals surface area contributed by atoms with Gasteiger partial charge in [-0.1, -0.05) is 6.08 Å². The zero-order valence-corrected chi connectivity index (χ0v) is 18.3. The van der Waals surface area contributed by atoms with Crippen molar-refractivity contribution in [3.05, 3.63) is 31.1 Å². The van der Waals surface area contributed by atoms with Gasteiger partial charge in [0.1, 0.15) is 0 Å². The Kier molecular flexibility index (Phi) is 11.2. The van der Waals surface area contributed by atoms with Crippen LogP contribution >= 0.6 is 24.0 Å². The van der Waals surface area contributed by atoms with Crippen LogP contribution in [0.4, 0.5) is 5.95 Å². The first-order chi connectivity index (χ1) is 12.2. The highest BCUT2D eigenvalue weighted by molar-refractivity contribution is 14.0. The molecule has 8 heteroatoms. The number of anilines is 1. The molecular weight excluding hydrogens is 441 g/mol. The number of aliphatic imine (C=N–C) groups is 1. The summed E-state index contributed by atoms with van der Waals surface area (Å²) in [5.41, 5.74) is 0. The summed E-state index contributed by atoms with van der Waals surface area (Å²) >= 11 is 0. The SMILES string of the molecule is C=CCCCN(C)C(=NC)NCCN1CCN(c2ncccn2)CC1.I. The molecule has 7 nitrogen and oxygen atoms in total. The zero-order valence-electron chi connectivity index (χ0n) is 16.0. The summed E-state index contributed by atoms with van der Waals surface area (Å²) in [6.45, 7) is 10.7. The van der Waals surface area contributed by atoms with Crippen molar-refractivity contribution in [3.8, 4) is 0 Å². The van der Waals surface area contributed by atoms with Gasteiger partial charge >= 0.3 is 0 Å². The third-order valence-corrected chi connectivity index (χ3v) is 4.39. The highest BCUT2D eigenvalue weighted by Gasteiger charge is 2.18. The van der Waals surface area contributed by atoms with Crippen LogP contribution < -0.4 is 10.2 Å². The smallest absolute Gasteiger partial charge is 0.225 e. The van der Waals surface area contributed by atoms with Crippen LogP contribution in [0.2, 0.25) is 0 Å². The number of nitrogens with zero attached hydrogens (tertiary/aromatic N) is 6. The van der Waals surface area contributed by atoms with Crippen LogP contribution in [-0.4, -0.2) is 85.6 Å². The molecule has 0 aliphatic carbocycles. The predicted octanol–water partition coefficient (Wildman–Crippen LogP) is 1.69. The van der Waals surface area contributed by atoms with E-state index in [1.54, 1.807) is 12.4 Å². The Balaban J connectivity index is 0.00000338. The third kappa shape index (κ3) is 7.45. The maximum absolute atomic E-state index is 4.36. The summed E-state index contributed by atoms with van der Waals surface area (Å²) in [6.07, 6.45) is 7.71. The fourth-order valence-electron chi connectivity index (χ4n) is 2.92. The summed E-state index contributed by atoms with van der Waals surface area (Å²) in [4.78, 5) is 19.9. The molecule has 1 N–H and O–H groups in total. The molecule has 0 aromatic carbocycles. The number of unbranched alkanes of at least 4 members (excludes halogenated alkanes) is 1. The van der Waals surface area contributed by atoms with Crippen molar-refractivity contribution in [2.45, 2.75) is 12.8 Å². The lowest BCUT2D eigenvalue weighted by Gasteiger charge is -2.34. The topological polar surface area (TPSA) is 59.9 Å². The van der Waals surface area contributed by atoms with Crippen molar-refractivity contribution in [3.63, 3.8) is 0 Å². The van der Waals surface area contributed by atoms with Crippen molar-refractivity contribution in [1.29, 1.82) is 0 Å². The molecule has 0 spiro atoms. The van der Waals surface area contributed by atoms with Gasteiger partial charge in [-0.3, -0.25) is 9.89 Å². The minimum absolute atomic E-state index is 0. The van der Waals surface area contributed by atoms with Gasteiger partial charge in [0, 0.05) is 72.3 Å². The van der Waals surface area contributed by atoms with Crippen LogP contribution in [0.1, 0.15) is 12.8 Å². The van der Waals surface area contributed by atoms with E-state index in [9.17, 15) is 0 Å². The highest BCUT2D eigenvalue weighted by atomic mass is 127. The Morgan fingerprint density at radius 3 is 2.62 bits per heavy atom. The van der Waals surface area contributed by atoms with Gasteiger partial charge in [0.2, 0.25) is 5.95 Å². The van der Waals surface area contributed by atoms with Crippen LogP contribution in [0, 0.1) is 0 Å². The normalized spacial score (nSPS) is 15.3. The molecule has 0 radical (unpaired) electrons. The second-order valence-corrected chi connectivity index (χ2v) is 6.20. The quantitative estimate of drug-likeness (QED) is 0.204. The number of halogens is 1. The molecule has 1 aromatic rings. The number of hydrogen-bond acceptors (Lipinski definition) is 5. The van der Waals surface area contributed by atoms with Gasteiger partial charge in [0.25, 0.3) is 0 Å². The van der Waals surface area contributed by atoms with Gasteiger partial charge in [-0.15, -0.1) is 30.6 Å². The van der Waals surface area contributed by atoms with Gasteiger partial charge < -0.3 is 15.1 Å². The minimum Gasteiger partial charge on any atom is -0.355 e. The second-order valence-electron chi connectivity index (χ2n) is 6.20. The van der Waals surface area contributed by atoms with E-state index in [2.05, 4.69) is 48.6 Å². The summed E-state index contributed by atoms with van der Waals surface area (Å²) in [5.74, 6) is 1.79. The molecular formula is C18H32IN7. The molecule has 1 aromatic heterocycles. The van der Waals surface area contributed by atoms with Crippen molar-refractivity contribution in [1.82, 2.24) is 25.1 Å². The maximum Gasteiger partial charge on any atom is 0.225 e. The average Bonchev–Trinajstić information content (AvgIpc) is 2.66. The molecule has 0 amide bonds. The predicted molar refractivity (Wildman–Crippen MR) is 120 cm³/mol. The van der Waals surface area contributed by atoms with Crippen LogP contribution in [-0.2, 0) is 0 Å². The zero-order chi connectivity index (χ0) is 17.9. The molecule has 0 bridgehead atoms.